The van der Waals surface area contributed by atoms with E-state index in [4.69, 9.17) is 17.5 Å². The molecule has 1 unspecified atom stereocenters. The number of benzene rings is 1. The van der Waals surface area contributed by atoms with Crippen molar-refractivity contribution in [2.45, 2.75) is 6.04 Å². The van der Waals surface area contributed by atoms with Gasteiger partial charge in [0.2, 0.25) is 10.4 Å². The molecule has 0 bridgehead atoms. The van der Waals surface area contributed by atoms with Crippen molar-refractivity contribution in [2.75, 3.05) is 21.1 Å². The first-order valence-corrected chi connectivity index (χ1v) is 6.59. The van der Waals surface area contributed by atoms with Crippen LogP contribution in [-0.2, 0) is 10.4 Å². The molecule has 1 rings (SSSR count). The first-order chi connectivity index (χ1) is 8.05. The summed E-state index contributed by atoms with van der Waals surface area (Å²) in [5.74, 6) is 0. The molecule has 1 aromatic rings. The van der Waals surface area contributed by atoms with Crippen LogP contribution in [0.3, 0.4) is 0 Å². The van der Waals surface area contributed by atoms with Crippen LogP contribution in [0.1, 0.15) is 11.6 Å². The molecule has 1 atom stereocenters. The molecule has 0 saturated heterocycles. The molecule has 102 valence electrons. The lowest BCUT2D eigenvalue weighted by Gasteiger charge is -2.32. The molecular formula is C12H19NO4S. The summed E-state index contributed by atoms with van der Waals surface area (Å²) in [4.78, 5) is 0. The van der Waals surface area contributed by atoms with Gasteiger partial charge in [0.25, 0.3) is 0 Å². The summed E-state index contributed by atoms with van der Waals surface area (Å²) in [6.45, 7) is 3.89. The molecule has 0 aromatic heterocycles. The van der Waals surface area contributed by atoms with Crippen molar-refractivity contribution in [2.24, 2.45) is 0 Å². The Kier molecular flexibility index (Phi) is 6.20. The molecule has 0 fully saturated rings. The fraction of sp³-hybridized carbons (Fsp3) is 0.333. The molecule has 5 nitrogen and oxygen atoms in total. The van der Waals surface area contributed by atoms with Gasteiger partial charge in [-0.1, -0.05) is 36.9 Å². The van der Waals surface area contributed by atoms with Crippen LogP contribution < -0.4 is 0 Å². The third kappa shape index (κ3) is 7.97. The molecule has 1 aromatic carbocycles. The van der Waals surface area contributed by atoms with Crippen molar-refractivity contribution >= 4 is 10.4 Å². The second-order valence-electron chi connectivity index (χ2n) is 4.64. The zero-order valence-corrected chi connectivity index (χ0v) is 11.6. The average molecular weight is 273 g/mol. The van der Waals surface area contributed by atoms with Crippen molar-refractivity contribution in [3.05, 3.63) is 48.6 Å². The molecule has 0 aliphatic carbocycles. The fourth-order valence-corrected chi connectivity index (χ4v) is 1.55. The van der Waals surface area contributed by atoms with Gasteiger partial charge in [0.15, 0.2) is 0 Å². The van der Waals surface area contributed by atoms with Crippen LogP contribution in [0.25, 0.3) is 0 Å². The summed E-state index contributed by atoms with van der Waals surface area (Å²) >= 11 is 0. The minimum absolute atomic E-state index is 0.376. The van der Waals surface area contributed by atoms with E-state index < -0.39 is 10.4 Å². The average Bonchev–Trinajstić information content (AvgIpc) is 2.15. The van der Waals surface area contributed by atoms with Crippen molar-refractivity contribution in [1.82, 2.24) is 0 Å². The number of rotatable bonds is 3. The van der Waals surface area contributed by atoms with Gasteiger partial charge in [-0.05, 0) is 6.08 Å². The maximum atomic E-state index is 8.63. The summed E-state index contributed by atoms with van der Waals surface area (Å²) in [6.07, 6.45) is 2.01. The van der Waals surface area contributed by atoms with Gasteiger partial charge in [-0.15, -0.1) is 0 Å². The first kappa shape index (κ1) is 16.8. The van der Waals surface area contributed by atoms with Crippen molar-refractivity contribution in [3.63, 3.8) is 0 Å². The maximum Gasteiger partial charge on any atom is 0.215 e. The van der Waals surface area contributed by atoms with Crippen molar-refractivity contribution in [1.29, 1.82) is 0 Å². The third-order valence-corrected chi connectivity index (χ3v) is 2.20. The van der Waals surface area contributed by atoms with E-state index in [9.17, 15) is 0 Å². The zero-order chi connectivity index (χ0) is 14.4. The lowest BCUT2D eigenvalue weighted by Crippen LogP contribution is -2.37. The van der Waals surface area contributed by atoms with E-state index >= 15 is 0 Å². The van der Waals surface area contributed by atoms with E-state index in [-0.39, 0.29) is 0 Å². The van der Waals surface area contributed by atoms with Crippen molar-refractivity contribution in [3.8, 4) is 0 Å². The molecule has 0 amide bonds. The summed E-state index contributed by atoms with van der Waals surface area (Å²) < 4.78 is 33.7. The normalized spacial score (nSPS) is 13.2. The number of hydrogen-bond acceptors (Lipinski definition) is 3. The SMILES string of the molecule is C=CC(c1ccccc1)[N+](C)(C)C.O=S(=O)([O-])O. The van der Waals surface area contributed by atoms with Crippen LogP contribution in [0.4, 0.5) is 0 Å². The summed E-state index contributed by atoms with van der Waals surface area (Å²) in [7, 11) is 1.62. The largest absolute Gasteiger partial charge is 0.726 e. The molecule has 18 heavy (non-hydrogen) atoms. The third-order valence-electron chi connectivity index (χ3n) is 2.20. The van der Waals surface area contributed by atoms with Crippen LogP contribution in [0.5, 0.6) is 0 Å². The van der Waals surface area contributed by atoms with Crippen LogP contribution >= 0.6 is 0 Å². The van der Waals surface area contributed by atoms with E-state index in [1.54, 1.807) is 0 Å². The standard InChI is InChI=1S/C12H18N.H2O4S/c1-5-12(13(2,3)4)11-9-7-6-8-10-11;1-5(2,3)4/h5-10,12H,1H2,2-4H3;(H2,1,2,3,4)/q+1;/p-1. The quantitative estimate of drug-likeness (QED) is 0.393. The Balaban J connectivity index is 0.000000494. The Bertz CT molecular complexity index is 455. The second kappa shape index (κ2) is 6.65. The van der Waals surface area contributed by atoms with Crippen molar-refractivity contribution < 1.29 is 22.0 Å². The van der Waals surface area contributed by atoms with E-state index in [1.807, 2.05) is 12.1 Å². The van der Waals surface area contributed by atoms with E-state index in [1.165, 1.54) is 5.56 Å². The summed E-state index contributed by atoms with van der Waals surface area (Å²) in [5.41, 5.74) is 1.32. The predicted octanol–water partition coefficient (Wildman–Crippen LogP) is 1.62. The minimum atomic E-state index is -4.92. The molecule has 0 radical (unpaired) electrons. The van der Waals surface area contributed by atoms with E-state index in [0.29, 0.717) is 6.04 Å². The molecule has 0 heterocycles. The minimum Gasteiger partial charge on any atom is -0.726 e. The highest BCUT2D eigenvalue weighted by molar-refractivity contribution is 7.79. The van der Waals surface area contributed by atoms with Gasteiger partial charge >= 0.3 is 0 Å². The molecule has 0 spiro atoms. The Hall–Kier alpha value is -1.21. The maximum absolute atomic E-state index is 8.63. The van der Waals surface area contributed by atoms with Crippen LogP contribution in [0.2, 0.25) is 0 Å². The number of nitrogens with zero attached hydrogens (tertiary/aromatic N) is 1. The highest BCUT2D eigenvalue weighted by Crippen LogP contribution is 2.23. The number of likely N-dealkylation sites (N-methyl/N-ethyl adjacent to an activating group) is 1. The molecule has 1 N–H and O–H groups in total. The number of quaternary nitrogens is 1. The summed E-state index contributed by atoms with van der Waals surface area (Å²) in [5, 5.41) is 0. The fourth-order valence-electron chi connectivity index (χ4n) is 1.55. The molecule has 0 saturated carbocycles. The zero-order valence-electron chi connectivity index (χ0n) is 10.8. The van der Waals surface area contributed by atoms with Gasteiger partial charge in [-0.25, -0.2) is 8.42 Å². The highest BCUT2D eigenvalue weighted by Gasteiger charge is 2.21. The van der Waals surface area contributed by atoms with Crippen LogP contribution in [0, 0.1) is 0 Å². The molecule has 6 heteroatoms. The Labute approximate surface area is 109 Å². The lowest BCUT2D eigenvalue weighted by atomic mass is 10.1. The van der Waals surface area contributed by atoms with Gasteiger partial charge in [0.1, 0.15) is 6.04 Å². The highest BCUT2D eigenvalue weighted by atomic mass is 32.3. The topological polar surface area (TPSA) is 77.4 Å². The van der Waals surface area contributed by atoms with Crippen LogP contribution in [-0.4, -0.2) is 43.1 Å². The molecular weight excluding hydrogens is 254 g/mol. The van der Waals surface area contributed by atoms with Gasteiger partial charge in [-0.3, -0.25) is 4.55 Å². The van der Waals surface area contributed by atoms with E-state index in [2.05, 4.69) is 52.0 Å². The Morgan fingerprint density at radius 2 is 1.67 bits per heavy atom. The van der Waals surface area contributed by atoms with Crippen LogP contribution in [0.15, 0.2) is 43.0 Å². The first-order valence-electron chi connectivity index (χ1n) is 5.22. The lowest BCUT2D eigenvalue weighted by molar-refractivity contribution is -0.895. The summed E-state index contributed by atoms with van der Waals surface area (Å²) in [6, 6.07) is 10.9. The van der Waals surface area contributed by atoms with Gasteiger partial charge in [0, 0.05) is 5.56 Å². The Morgan fingerprint density at radius 1 is 1.28 bits per heavy atom. The van der Waals surface area contributed by atoms with Gasteiger partial charge in [-0.2, -0.15) is 0 Å². The molecule has 0 aliphatic heterocycles. The Morgan fingerprint density at radius 3 is 1.94 bits per heavy atom. The van der Waals surface area contributed by atoms with Gasteiger partial charge in [0.05, 0.1) is 21.1 Å². The van der Waals surface area contributed by atoms with E-state index in [0.717, 1.165) is 4.48 Å². The smallest absolute Gasteiger partial charge is 0.215 e. The molecule has 0 aliphatic rings. The number of hydrogen-bond donors (Lipinski definition) is 1. The predicted molar refractivity (Wildman–Crippen MR) is 69.7 cm³/mol. The van der Waals surface area contributed by atoms with Gasteiger partial charge < -0.3 is 9.04 Å². The second-order valence-corrected chi connectivity index (χ2v) is 5.49. The monoisotopic (exact) mass is 273 g/mol.